The molecule has 0 amide bonds. The Bertz CT molecular complexity index is 432. The van der Waals surface area contributed by atoms with Gasteiger partial charge >= 0.3 is 0 Å². The Kier molecular flexibility index (Phi) is 4.49. The van der Waals surface area contributed by atoms with Gasteiger partial charge in [-0.2, -0.15) is 0 Å². The molecule has 1 aliphatic rings. The number of aliphatic hydroxyl groups excluding tert-OH is 1. The van der Waals surface area contributed by atoms with Crippen molar-refractivity contribution < 1.29 is 14.2 Å². The van der Waals surface area contributed by atoms with Crippen molar-refractivity contribution in [2.75, 3.05) is 0 Å². The smallest absolute Gasteiger partial charge is 0.127 e. The van der Waals surface area contributed by atoms with Gasteiger partial charge in [0.2, 0.25) is 0 Å². The SMILES string of the molecule is CC1OC(C)C(C(O)Cc2c(F)cccc2Cl)C1C. The predicted octanol–water partition coefficient (Wildman–Crippen LogP) is 3.44. The van der Waals surface area contributed by atoms with Crippen molar-refractivity contribution in [2.45, 2.75) is 45.5 Å². The van der Waals surface area contributed by atoms with Gasteiger partial charge in [0.1, 0.15) is 5.82 Å². The highest BCUT2D eigenvalue weighted by molar-refractivity contribution is 6.31. The van der Waals surface area contributed by atoms with Gasteiger partial charge in [0.05, 0.1) is 18.3 Å². The van der Waals surface area contributed by atoms with Crippen molar-refractivity contribution in [1.82, 2.24) is 0 Å². The maximum absolute atomic E-state index is 13.7. The Labute approximate surface area is 118 Å². The van der Waals surface area contributed by atoms with Crippen LogP contribution in [0.5, 0.6) is 0 Å². The van der Waals surface area contributed by atoms with Crippen LogP contribution in [0.4, 0.5) is 4.39 Å². The fourth-order valence-corrected chi connectivity index (χ4v) is 3.27. The molecule has 4 heteroatoms. The number of hydrogen-bond acceptors (Lipinski definition) is 2. The Morgan fingerprint density at radius 2 is 2.00 bits per heavy atom. The van der Waals surface area contributed by atoms with Crippen molar-refractivity contribution in [3.8, 4) is 0 Å². The quantitative estimate of drug-likeness (QED) is 0.922. The minimum absolute atomic E-state index is 0.00525. The third-order valence-electron chi connectivity index (χ3n) is 4.24. The molecule has 106 valence electrons. The number of ether oxygens (including phenoxy) is 1. The lowest BCUT2D eigenvalue weighted by Gasteiger charge is -2.25. The summed E-state index contributed by atoms with van der Waals surface area (Å²) in [5.74, 6) is -0.111. The average molecular weight is 287 g/mol. The molecule has 1 saturated heterocycles. The zero-order valence-corrected chi connectivity index (χ0v) is 12.2. The van der Waals surface area contributed by atoms with Crippen LogP contribution < -0.4 is 0 Å². The molecule has 19 heavy (non-hydrogen) atoms. The monoisotopic (exact) mass is 286 g/mol. The summed E-state index contributed by atoms with van der Waals surface area (Å²) in [5.41, 5.74) is 0.385. The lowest BCUT2D eigenvalue weighted by molar-refractivity contribution is 0.0237. The van der Waals surface area contributed by atoms with Crippen molar-refractivity contribution in [3.05, 3.63) is 34.6 Å². The lowest BCUT2D eigenvalue weighted by Crippen LogP contribution is -2.32. The Morgan fingerprint density at radius 1 is 1.32 bits per heavy atom. The van der Waals surface area contributed by atoms with E-state index in [1.54, 1.807) is 12.1 Å². The number of rotatable bonds is 3. The topological polar surface area (TPSA) is 29.5 Å². The van der Waals surface area contributed by atoms with E-state index in [2.05, 4.69) is 6.92 Å². The third-order valence-corrected chi connectivity index (χ3v) is 4.59. The van der Waals surface area contributed by atoms with Gasteiger partial charge in [-0.15, -0.1) is 0 Å². The summed E-state index contributed by atoms with van der Waals surface area (Å²) in [7, 11) is 0. The van der Waals surface area contributed by atoms with Crippen LogP contribution in [-0.4, -0.2) is 23.4 Å². The summed E-state index contributed by atoms with van der Waals surface area (Å²) in [6, 6.07) is 4.58. The van der Waals surface area contributed by atoms with Crippen molar-refractivity contribution in [3.63, 3.8) is 0 Å². The van der Waals surface area contributed by atoms with Gasteiger partial charge in [-0.25, -0.2) is 4.39 Å². The minimum atomic E-state index is -0.649. The van der Waals surface area contributed by atoms with Crippen LogP contribution >= 0.6 is 11.6 Å². The fourth-order valence-electron chi connectivity index (χ4n) is 3.03. The van der Waals surface area contributed by atoms with Crippen LogP contribution in [0.15, 0.2) is 18.2 Å². The van der Waals surface area contributed by atoms with E-state index >= 15 is 0 Å². The van der Waals surface area contributed by atoms with E-state index in [4.69, 9.17) is 16.3 Å². The van der Waals surface area contributed by atoms with Gasteiger partial charge in [0.15, 0.2) is 0 Å². The van der Waals surface area contributed by atoms with Crippen LogP contribution in [-0.2, 0) is 11.2 Å². The molecule has 1 aromatic carbocycles. The maximum Gasteiger partial charge on any atom is 0.127 e. The highest BCUT2D eigenvalue weighted by Crippen LogP contribution is 2.36. The molecule has 0 spiro atoms. The first-order chi connectivity index (χ1) is 8.91. The minimum Gasteiger partial charge on any atom is -0.392 e. The van der Waals surface area contributed by atoms with Gasteiger partial charge in [0.25, 0.3) is 0 Å². The first-order valence-corrected chi connectivity index (χ1v) is 7.06. The zero-order chi connectivity index (χ0) is 14.2. The molecule has 0 radical (unpaired) electrons. The molecule has 0 aliphatic carbocycles. The third kappa shape index (κ3) is 2.93. The van der Waals surface area contributed by atoms with Gasteiger partial charge in [-0.05, 0) is 31.9 Å². The number of aliphatic hydroxyl groups is 1. The van der Waals surface area contributed by atoms with Crippen molar-refractivity contribution >= 4 is 11.6 Å². The summed E-state index contributed by atoms with van der Waals surface area (Å²) in [6.07, 6.45) is -0.332. The van der Waals surface area contributed by atoms with Crippen LogP contribution in [0.3, 0.4) is 0 Å². The van der Waals surface area contributed by atoms with Crippen LogP contribution in [0.2, 0.25) is 5.02 Å². The Balaban J connectivity index is 2.15. The van der Waals surface area contributed by atoms with Gasteiger partial charge in [-0.1, -0.05) is 24.6 Å². The molecule has 5 unspecified atom stereocenters. The molecular weight excluding hydrogens is 267 g/mol. The molecule has 1 heterocycles. The van der Waals surface area contributed by atoms with E-state index in [1.807, 2.05) is 13.8 Å². The summed E-state index contributed by atoms with van der Waals surface area (Å²) in [5, 5.41) is 10.8. The van der Waals surface area contributed by atoms with E-state index in [-0.39, 0.29) is 36.3 Å². The average Bonchev–Trinajstić information content (AvgIpc) is 2.58. The molecule has 1 aromatic rings. The molecule has 0 aromatic heterocycles. The van der Waals surface area contributed by atoms with Crippen LogP contribution in [0.1, 0.15) is 26.3 Å². The molecule has 2 nitrogen and oxygen atoms in total. The summed E-state index contributed by atoms with van der Waals surface area (Å²) < 4.78 is 19.5. The second kappa shape index (κ2) is 5.78. The molecular formula is C15H20ClFO2. The number of benzene rings is 1. The molecule has 1 aliphatic heterocycles. The van der Waals surface area contributed by atoms with Gasteiger partial charge in [0, 0.05) is 22.9 Å². The molecule has 0 saturated carbocycles. The molecule has 5 atom stereocenters. The van der Waals surface area contributed by atoms with E-state index in [9.17, 15) is 9.50 Å². The fraction of sp³-hybridized carbons (Fsp3) is 0.600. The van der Waals surface area contributed by atoms with E-state index in [0.717, 1.165) is 0 Å². The highest BCUT2D eigenvalue weighted by atomic mass is 35.5. The molecule has 2 rings (SSSR count). The van der Waals surface area contributed by atoms with Crippen LogP contribution in [0, 0.1) is 17.7 Å². The standard InChI is InChI=1S/C15H20ClFO2/c1-8-9(2)19-10(3)15(8)14(18)7-11-12(16)5-4-6-13(11)17/h4-6,8-10,14-15,18H,7H2,1-3H3. The van der Waals surface area contributed by atoms with E-state index in [1.165, 1.54) is 6.07 Å². The first kappa shape index (κ1) is 14.8. The highest BCUT2D eigenvalue weighted by Gasteiger charge is 2.41. The summed E-state index contributed by atoms with van der Waals surface area (Å²) >= 11 is 6.00. The summed E-state index contributed by atoms with van der Waals surface area (Å²) in [4.78, 5) is 0. The Hall–Kier alpha value is -0.640. The predicted molar refractivity (Wildman–Crippen MR) is 73.8 cm³/mol. The van der Waals surface area contributed by atoms with E-state index in [0.29, 0.717) is 10.6 Å². The number of halogens is 2. The molecule has 1 fully saturated rings. The van der Waals surface area contributed by atoms with Gasteiger partial charge < -0.3 is 9.84 Å². The maximum atomic E-state index is 13.7. The lowest BCUT2D eigenvalue weighted by atomic mass is 9.82. The largest absolute Gasteiger partial charge is 0.392 e. The van der Waals surface area contributed by atoms with Crippen LogP contribution in [0.25, 0.3) is 0 Å². The number of hydrogen-bond donors (Lipinski definition) is 1. The second-order valence-electron chi connectivity index (χ2n) is 5.45. The first-order valence-electron chi connectivity index (χ1n) is 6.68. The Morgan fingerprint density at radius 3 is 2.53 bits per heavy atom. The summed E-state index contributed by atoms with van der Waals surface area (Å²) in [6.45, 7) is 6.02. The van der Waals surface area contributed by atoms with E-state index < -0.39 is 6.10 Å². The second-order valence-corrected chi connectivity index (χ2v) is 5.86. The van der Waals surface area contributed by atoms with Crippen molar-refractivity contribution in [1.29, 1.82) is 0 Å². The zero-order valence-electron chi connectivity index (χ0n) is 11.4. The molecule has 0 bridgehead atoms. The normalized spacial score (nSPS) is 32.5. The molecule has 1 N–H and O–H groups in total. The van der Waals surface area contributed by atoms with Crippen molar-refractivity contribution in [2.24, 2.45) is 11.8 Å². The van der Waals surface area contributed by atoms with Gasteiger partial charge in [-0.3, -0.25) is 0 Å².